The lowest BCUT2D eigenvalue weighted by molar-refractivity contribution is 0.509. The Hall–Kier alpha value is -2.30. The van der Waals surface area contributed by atoms with Crippen molar-refractivity contribution in [2.75, 3.05) is 5.32 Å². The fraction of sp³-hybridized carbons (Fsp3) is 0.167. The number of fused-ring (bicyclic) bond motifs is 1. The van der Waals surface area contributed by atoms with Crippen LogP contribution in [0.3, 0.4) is 0 Å². The normalized spacial score (nSPS) is 10.9. The molecule has 0 saturated heterocycles. The lowest BCUT2D eigenvalue weighted by atomic mass is 10.3. The van der Waals surface area contributed by atoms with Crippen LogP contribution >= 0.6 is 0 Å². The van der Waals surface area contributed by atoms with Crippen molar-refractivity contribution in [1.29, 1.82) is 0 Å². The largest absolute Gasteiger partial charge is 0.446 e. The number of nitrogens with zero attached hydrogens (tertiary/aromatic N) is 2. The highest BCUT2D eigenvalue weighted by atomic mass is 16.3. The van der Waals surface area contributed by atoms with Gasteiger partial charge in [-0.3, -0.25) is 0 Å². The molecule has 0 bridgehead atoms. The van der Waals surface area contributed by atoms with Gasteiger partial charge in [0, 0.05) is 0 Å². The van der Waals surface area contributed by atoms with Gasteiger partial charge in [-0.1, -0.05) is 12.1 Å². The summed E-state index contributed by atoms with van der Waals surface area (Å²) in [5.41, 5.74) is 2.86. The van der Waals surface area contributed by atoms with Gasteiger partial charge in [-0.25, -0.2) is 9.97 Å². The highest BCUT2D eigenvalue weighted by Gasteiger charge is 2.05. The minimum absolute atomic E-state index is 0.575. The Balaban J connectivity index is 1.79. The van der Waals surface area contributed by atoms with Crippen molar-refractivity contribution >= 4 is 17.0 Å². The quantitative estimate of drug-likeness (QED) is 0.722. The Labute approximate surface area is 97.9 Å². The zero-order valence-electron chi connectivity index (χ0n) is 9.40. The molecule has 17 heavy (non-hydrogen) atoms. The first-order valence-corrected chi connectivity index (χ1v) is 5.40. The number of oxazole rings is 1. The maximum absolute atomic E-state index is 5.24. The predicted molar refractivity (Wildman–Crippen MR) is 64.7 cm³/mol. The highest BCUT2D eigenvalue weighted by Crippen LogP contribution is 2.14. The van der Waals surface area contributed by atoms with Gasteiger partial charge in [0.1, 0.15) is 5.76 Å². The van der Waals surface area contributed by atoms with Gasteiger partial charge in [-0.2, -0.15) is 0 Å². The second kappa shape index (κ2) is 3.93. The van der Waals surface area contributed by atoms with Crippen LogP contribution in [0.1, 0.15) is 11.5 Å². The minimum atomic E-state index is 0.575. The summed E-state index contributed by atoms with van der Waals surface area (Å²) in [4.78, 5) is 11.6. The fourth-order valence-corrected chi connectivity index (χ4v) is 1.70. The second-order valence-electron chi connectivity index (χ2n) is 3.82. The summed E-state index contributed by atoms with van der Waals surface area (Å²) in [5, 5.41) is 3.18. The van der Waals surface area contributed by atoms with Crippen LogP contribution in [0.15, 0.2) is 35.1 Å². The molecule has 0 amide bonds. The topological polar surface area (TPSA) is 66.7 Å². The number of aromatic amines is 1. The number of hydrogen-bond donors (Lipinski definition) is 2. The Morgan fingerprint density at radius 3 is 3.00 bits per heavy atom. The summed E-state index contributed by atoms with van der Waals surface area (Å²) >= 11 is 0. The number of benzene rings is 1. The number of hydrogen-bond acceptors (Lipinski definition) is 4. The number of anilines is 1. The third-order valence-electron chi connectivity index (χ3n) is 2.65. The molecule has 5 heteroatoms. The van der Waals surface area contributed by atoms with Crippen LogP contribution in [-0.2, 0) is 6.54 Å². The monoisotopic (exact) mass is 228 g/mol. The van der Waals surface area contributed by atoms with E-state index in [2.05, 4.69) is 20.3 Å². The predicted octanol–water partition coefficient (Wildman–Crippen LogP) is 2.47. The smallest absolute Gasteiger partial charge is 0.201 e. The van der Waals surface area contributed by atoms with Crippen LogP contribution in [0.5, 0.6) is 0 Å². The third kappa shape index (κ3) is 1.87. The van der Waals surface area contributed by atoms with Gasteiger partial charge in [-0.15, -0.1) is 0 Å². The van der Waals surface area contributed by atoms with Crippen LogP contribution in [0, 0.1) is 6.92 Å². The lowest BCUT2D eigenvalue weighted by Gasteiger charge is -1.99. The SMILES string of the molecule is Cc1ncoc1CNc1nc2ccccc2[nH]1. The molecular weight excluding hydrogens is 216 g/mol. The average molecular weight is 228 g/mol. The van der Waals surface area contributed by atoms with Crippen molar-refractivity contribution < 1.29 is 4.42 Å². The van der Waals surface area contributed by atoms with Crippen molar-refractivity contribution in [2.24, 2.45) is 0 Å². The Kier molecular flexibility index (Phi) is 2.29. The van der Waals surface area contributed by atoms with Crippen LogP contribution in [0.25, 0.3) is 11.0 Å². The van der Waals surface area contributed by atoms with Crippen molar-refractivity contribution in [1.82, 2.24) is 15.0 Å². The summed E-state index contributed by atoms with van der Waals surface area (Å²) in [5.74, 6) is 1.56. The van der Waals surface area contributed by atoms with Crippen molar-refractivity contribution in [3.63, 3.8) is 0 Å². The van der Waals surface area contributed by atoms with Gasteiger partial charge < -0.3 is 14.7 Å². The Morgan fingerprint density at radius 1 is 1.35 bits per heavy atom. The first-order chi connectivity index (χ1) is 8.33. The number of rotatable bonds is 3. The summed E-state index contributed by atoms with van der Waals surface area (Å²) < 4.78 is 5.24. The van der Waals surface area contributed by atoms with E-state index in [-0.39, 0.29) is 0 Å². The molecule has 2 N–H and O–H groups in total. The summed E-state index contributed by atoms with van der Waals surface area (Å²) in [6.07, 6.45) is 1.45. The van der Waals surface area contributed by atoms with Gasteiger partial charge in [0.25, 0.3) is 0 Å². The van der Waals surface area contributed by atoms with Crippen molar-refractivity contribution in [3.8, 4) is 0 Å². The molecule has 0 atom stereocenters. The average Bonchev–Trinajstić information content (AvgIpc) is 2.92. The molecule has 3 aromatic rings. The maximum atomic E-state index is 5.24. The van der Waals surface area contributed by atoms with E-state index < -0.39 is 0 Å². The zero-order chi connectivity index (χ0) is 11.7. The van der Waals surface area contributed by atoms with Gasteiger partial charge >= 0.3 is 0 Å². The summed E-state index contributed by atoms with van der Waals surface area (Å²) in [6, 6.07) is 7.91. The molecular formula is C12H12N4O. The van der Waals surface area contributed by atoms with E-state index in [1.807, 2.05) is 31.2 Å². The Bertz CT molecular complexity index is 608. The van der Waals surface area contributed by atoms with Crippen molar-refractivity contribution in [3.05, 3.63) is 42.1 Å². The van der Waals surface area contributed by atoms with E-state index in [1.54, 1.807) is 0 Å². The lowest BCUT2D eigenvalue weighted by Crippen LogP contribution is -2.01. The van der Waals surface area contributed by atoms with E-state index in [4.69, 9.17) is 4.42 Å². The number of para-hydroxylation sites is 2. The fourth-order valence-electron chi connectivity index (χ4n) is 1.70. The first kappa shape index (κ1) is 9.89. The standard InChI is InChI=1S/C12H12N4O/c1-8-11(17-7-14-8)6-13-12-15-9-4-2-3-5-10(9)16-12/h2-5,7H,6H2,1H3,(H2,13,15,16). The van der Waals surface area contributed by atoms with Crippen molar-refractivity contribution in [2.45, 2.75) is 13.5 Å². The third-order valence-corrected chi connectivity index (χ3v) is 2.65. The molecule has 5 nitrogen and oxygen atoms in total. The van der Waals surface area contributed by atoms with Crippen LogP contribution in [-0.4, -0.2) is 15.0 Å². The van der Waals surface area contributed by atoms with Gasteiger partial charge in [0.15, 0.2) is 6.39 Å². The van der Waals surface area contributed by atoms with E-state index in [1.165, 1.54) is 6.39 Å². The summed E-state index contributed by atoms with van der Waals surface area (Å²) in [7, 11) is 0. The number of aromatic nitrogens is 3. The molecule has 0 fully saturated rings. The molecule has 0 saturated carbocycles. The van der Waals surface area contributed by atoms with Crippen LogP contribution in [0.4, 0.5) is 5.95 Å². The molecule has 0 radical (unpaired) electrons. The molecule has 2 aromatic heterocycles. The second-order valence-corrected chi connectivity index (χ2v) is 3.82. The number of nitrogens with one attached hydrogen (secondary N) is 2. The minimum Gasteiger partial charge on any atom is -0.446 e. The van der Waals surface area contributed by atoms with E-state index >= 15 is 0 Å². The van der Waals surface area contributed by atoms with E-state index in [0.717, 1.165) is 28.4 Å². The zero-order valence-corrected chi connectivity index (χ0v) is 9.40. The van der Waals surface area contributed by atoms with Gasteiger partial charge in [0.2, 0.25) is 5.95 Å². The van der Waals surface area contributed by atoms with E-state index in [0.29, 0.717) is 6.54 Å². The van der Waals surface area contributed by atoms with Gasteiger partial charge in [-0.05, 0) is 19.1 Å². The van der Waals surface area contributed by atoms with Crippen LogP contribution < -0.4 is 5.32 Å². The van der Waals surface area contributed by atoms with Gasteiger partial charge in [0.05, 0.1) is 23.3 Å². The molecule has 3 rings (SSSR count). The molecule has 0 unspecified atom stereocenters. The molecule has 0 aliphatic carbocycles. The molecule has 0 aliphatic heterocycles. The highest BCUT2D eigenvalue weighted by molar-refractivity contribution is 5.77. The molecule has 2 heterocycles. The maximum Gasteiger partial charge on any atom is 0.201 e. The van der Waals surface area contributed by atoms with Crippen LogP contribution in [0.2, 0.25) is 0 Å². The molecule has 1 aromatic carbocycles. The Morgan fingerprint density at radius 2 is 2.24 bits per heavy atom. The van der Waals surface area contributed by atoms with E-state index in [9.17, 15) is 0 Å². The first-order valence-electron chi connectivity index (χ1n) is 5.40. The number of H-pyrrole nitrogens is 1. The molecule has 0 aliphatic rings. The number of aryl methyl sites for hydroxylation is 1. The molecule has 86 valence electrons. The summed E-state index contributed by atoms with van der Waals surface area (Å²) in [6.45, 7) is 2.49. The number of imidazole rings is 1. The molecule has 0 spiro atoms.